The van der Waals surface area contributed by atoms with Crippen molar-refractivity contribution in [2.75, 3.05) is 5.32 Å². The number of fused-ring (bicyclic) bond motifs is 1. The smallest absolute Gasteiger partial charge is 0.167 e. The summed E-state index contributed by atoms with van der Waals surface area (Å²) < 4.78 is 13.7. The summed E-state index contributed by atoms with van der Waals surface area (Å²) in [7, 11) is 0. The summed E-state index contributed by atoms with van der Waals surface area (Å²) in [6, 6.07) is 10.7. The molecular weight excluding hydrogens is 265 g/mol. The van der Waals surface area contributed by atoms with Gasteiger partial charge in [-0.15, -0.1) is 0 Å². The minimum atomic E-state index is -0.500. The molecule has 3 rings (SSSR count). The first-order valence-electron chi connectivity index (χ1n) is 5.66. The summed E-state index contributed by atoms with van der Waals surface area (Å²) >= 11 is 5.67. The molecule has 94 valence electrons. The fraction of sp³-hybridized carbons (Fsp3) is 0. The van der Waals surface area contributed by atoms with Crippen molar-refractivity contribution in [2.45, 2.75) is 0 Å². The largest absolute Gasteiger partial charge is 0.336 e. The molecule has 0 atom stereocenters. The first-order valence-corrected chi connectivity index (χ1v) is 6.03. The van der Waals surface area contributed by atoms with E-state index in [2.05, 4.69) is 15.3 Å². The highest BCUT2D eigenvalue weighted by molar-refractivity contribution is 6.30. The predicted molar refractivity (Wildman–Crippen MR) is 74.2 cm³/mol. The maximum atomic E-state index is 13.7. The average molecular weight is 274 g/mol. The van der Waals surface area contributed by atoms with Crippen molar-refractivity contribution >= 4 is 34.0 Å². The number of para-hydroxylation sites is 1. The van der Waals surface area contributed by atoms with Gasteiger partial charge in [-0.25, -0.2) is 9.37 Å². The zero-order valence-corrected chi connectivity index (χ0v) is 10.5. The number of aromatic nitrogens is 2. The Morgan fingerprint density at radius 1 is 1.11 bits per heavy atom. The molecule has 0 amide bonds. The van der Waals surface area contributed by atoms with Crippen LogP contribution in [0.1, 0.15) is 0 Å². The lowest BCUT2D eigenvalue weighted by molar-refractivity contribution is 0.626. The van der Waals surface area contributed by atoms with Gasteiger partial charge in [0.25, 0.3) is 0 Å². The van der Waals surface area contributed by atoms with Crippen molar-refractivity contribution in [3.05, 3.63) is 59.6 Å². The minimum Gasteiger partial charge on any atom is -0.336 e. The van der Waals surface area contributed by atoms with Crippen LogP contribution in [0.3, 0.4) is 0 Å². The molecule has 2 heterocycles. The normalized spacial score (nSPS) is 10.6. The molecule has 1 N–H and O–H groups in total. The van der Waals surface area contributed by atoms with Gasteiger partial charge >= 0.3 is 0 Å². The maximum absolute atomic E-state index is 13.7. The van der Waals surface area contributed by atoms with Gasteiger partial charge in [0, 0.05) is 17.8 Å². The third-order valence-electron chi connectivity index (χ3n) is 2.69. The Labute approximate surface area is 114 Å². The molecule has 0 fully saturated rings. The molecule has 0 radical (unpaired) electrons. The number of rotatable bonds is 2. The van der Waals surface area contributed by atoms with Gasteiger partial charge in [-0.1, -0.05) is 29.8 Å². The van der Waals surface area contributed by atoms with Crippen LogP contribution in [0.5, 0.6) is 0 Å². The van der Waals surface area contributed by atoms with Crippen LogP contribution in [0, 0.1) is 5.82 Å². The van der Waals surface area contributed by atoms with E-state index < -0.39 is 5.82 Å². The highest BCUT2D eigenvalue weighted by Gasteiger charge is 2.07. The molecule has 19 heavy (non-hydrogen) atoms. The Morgan fingerprint density at radius 3 is 2.79 bits per heavy atom. The lowest BCUT2D eigenvalue weighted by atomic mass is 10.2. The third-order valence-corrected chi connectivity index (χ3v) is 2.90. The lowest BCUT2D eigenvalue weighted by Gasteiger charge is -2.09. The highest BCUT2D eigenvalue weighted by atomic mass is 35.5. The van der Waals surface area contributed by atoms with Gasteiger partial charge in [0.15, 0.2) is 11.6 Å². The van der Waals surface area contributed by atoms with E-state index in [4.69, 9.17) is 11.6 Å². The van der Waals surface area contributed by atoms with E-state index in [1.165, 1.54) is 12.3 Å². The van der Waals surface area contributed by atoms with Gasteiger partial charge in [0.2, 0.25) is 0 Å². The molecule has 0 aliphatic rings. The van der Waals surface area contributed by atoms with Crippen molar-refractivity contribution in [2.24, 2.45) is 0 Å². The van der Waals surface area contributed by atoms with Crippen LogP contribution in [0.25, 0.3) is 10.9 Å². The zero-order chi connectivity index (χ0) is 13.2. The molecule has 3 nitrogen and oxygen atoms in total. The number of nitrogens with zero attached hydrogens (tertiary/aromatic N) is 2. The average Bonchev–Trinajstić information content (AvgIpc) is 2.42. The van der Waals surface area contributed by atoms with E-state index in [0.717, 1.165) is 10.9 Å². The zero-order valence-electron chi connectivity index (χ0n) is 9.77. The SMILES string of the molecule is Fc1cc(Cl)cnc1Nc1cccc2cccnc12. The highest BCUT2D eigenvalue weighted by Crippen LogP contribution is 2.25. The van der Waals surface area contributed by atoms with Gasteiger partial charge in [-0.05, 0) is 18.2 Å². The molecule has 0 unspecified atom stereocenters. The van der Waals surface area contributed by atoms with Crippen molar-refractivity contribution in [3.63, 3.8) is 0 Å². The topological polar surface area (TPSA) is 37.8 Å². The van der Waals surface area contributed by atoms with Gasteiger partial charge in [0.1, 0.15) is 0 Å². The molecular formula is C14H9ClFN3. The Bertz CT molecular complexity index is 740. The Balaban J connectivity index is 2.06. The quantitative estimate of drug-likeness (QED) is 0.762. The molecule has 0 aliphatic carbocycles. The van der Waals surface area contributed by atoms with Gasteiger partial charge in [-0.3, -0.25) is 4.98 Å². The van der Waals surface area contributed by atoms with E-state index in [0.29, 0.717) is 5.69 Å². The Morgan fingerprint density at radius 2 is 1.95 bits per heavy atom. The number of benzene rings is 1. The van der Waals surface area contributed by atoms with Crippen molar-refractivity contribution < 1.29 is 4.39 Å². The van der Waals surface area contributed by atoms with Crippen LogP contribution in [0.4, 0.5) is 15.9 Å². The van der Waals surface area contributed by atoms with Crippen LogP contribution < -0.4 is 5.32 Å². The monoisotopic (exact) mass is 273 g/mol. The number of anilines is 2. The second kappa shape index (κ2) is 4.82. The van der Waals surface area contributed by atoms with Gasteiger partial charge in [-0.2, -0.15) is 0 Å². The van der Waals surface area contributed by atoms with Gasteiger partial charge < -0.3 is 5.32 Å². The molecule has 5 heteroatoms. The fourth-order valence-electron chi connectivity index (χ4n) is 1.84. The first kappa shape index (κ1) is 11.9. The van der Waals surface area contributed by atoms with E-state index in [1.54, 1.807) is 6.20 Å². The molecule has 1 aromatic carbocycles. The summed E-state index contributed by atoms with van der Waals surface area (Å²) in [4.78, 5) is 8.22. The van der Waals surface area contributed by atoms with E-state index in [1.807, 2.05) is 30.3 Å². The summed E-state index contributed by atoms with van der Waals surface area (Å²) in [5, 5.41) is 4.17. The van der Waals surface area contributed by atoms with E-state index in [-0.39, 0.29) is 10.8 Å². The number of hydrogen-bond acceptors (Lipinski definition) is 3. The van der Waals surface area contributed by atoms with E-state index in [9.17, 15) is 4.39 Å². The summed E-state index contributed by atoms with van der Waals surface area (Å²) in [6.45, 7) is 0. The number of pyridine rings is 2. The second-order valence-electron chi connectivity index (χ2n) is 3.99. The molecule has 0 spiro atoms. The third kappa shape index (κ3) is 2.35. The summed E-state index contributed by atoms with van der Waals surface area (Å²) in [5.41, 5.74) is 1.47. The standard InChI is InChI=1S/C14H9ClFN3/c15-10-7-11(16)14(18-8-10)19-12-5-1-3-9-4-2-6-17-13(9)12/h1-8H,(H,18,19). The van der Waals surface area contributed by atoms with Gasteiger partial charge in [0.05, 0.1) is 16.2 Å². The molecule has 0 aliphatic heterocycles. The number of hydrogen-bond donors (Lipinski definition) is 1. The second-order valence-corrected chi connectivity index (χ2v) is 4.43. The van der Waals surface area contributed by atoms with Crippen LogP contribution in [0.15, 0.2) is 48.8 Å². The summed E-state index contributed by atoms with van der Waals surface area (Å²) in [6.07, 6.45) is 3.09. The van der Waals surface area contributed by atoms with E-state index >= 15 is 0 Å². The van der Waals surface area contributed by atoms with Crippen LogP contribution in [-0.4, -0.2) is 9.97 Å². The number of nitrogens with one attached hydrogen (secondary N) is 1. The van der Waals surface area contributed by atoms with Crippen LogP contribution in [0.2, 0.25) is 5.02 Å². The van der Waals surface area contributed by atoms with Crippen LogP contribution >= 0.6 is 11.6 Å². The summed E-state index contributed by atoms with van der Waals surface area (Å²) in [5.74, 6) is -0.372. The minimum absolute atomic E-state index is 0.127. The van der Waals surface area contributed by atoms with Crippen LogP contribution in [-0.2, 0) is 0 Å². The van der Waals surface area contributed by atoms with Crippen molar-refractivity contribution in [1.29, 1.82) is 0 Å². The Kier molecular flexibility index (Phi) is 3.01. The fourth-order valence-corrected chi connectivity index (χ4v) is 1.98. The molecule has 2 aromatic heterocycles. The Hall–Kier alpha value is -2.20. The maximum Gasteiger partial charge on any atom is 0.167 e. The molecule has 0 saturated heterocycles. The van der Waals surface area contributed by atoms with Crippen molar-refractivity contribution in [3.8, 4) is 0 Å². The molecule has 0 saturated carbocycles. The molecule has 0 bridgehead atoms. The molecule has 3 aromatic rings. The lowest BCUT2D eigenvalue weighted by Crippen LogP contribution is -1.98. The predicted octanol–water partition coefficient (Wildman–Crippen LogP) is 4.17. The number of halogens is 2. The first-order chi connectivity index (χ1) is 9.24. The van der Waals surface area contributed by atoms with Crippen molar-refractivity contribution in [1.82, 2.24) is 9.97 Å².